The zero-order valence-corrected chi connectivity index (χ0v) is 46.4. The van der Waals surface area contributed by atoms with Crippen LogP contribution in [0.3, 0.4) is 0 Å². The zero-order chi connectivity index (χ0) is 52.2. The van der Waals surface area contributed by atoms with E-state index in [1.54, 1.807) is 0 Å². The van der Waals surface area contributed by atoms with Gasteiger partial charge < -0.3 is 14.2 Å². The average Bonchev–Trinajstić information content (AvgIpc) is 3.38. The first kappa shape index (κ1) is 67.5. The molecule has 0 aromatic rings. The molecule has 0 fully saturated rings. The van der Waals surface area contributed by atoms with Gasteiger partial charge in [-0.05, 0) is 116 Å². The third-order valence-electron chi connectivity index (χ3n) is 11.9. The monoisotopic (exact) mass is 995 g/mol. The van der Waals surface area contributed by atoms with Crippen LogP contribution < -0.4 is 0 Å². The molecule has 0 amide bonds. The Morgan fingerprint density at radius 2 is 0.556 bits per heavy atom. The summed E-state index contributed by atoms with van der Waals surface area (Å²) in [6.07, 6.45) is 83.3. The molecular formula is C66H106O6. The summed E-state index contributed by atoms with van der Waals surface area (Å²) in [5.41, 5.74) is 0. The number of allylic oxidation sites excluding steroid dienone is 22. The highest BCUT2D eigenvalue weighted by atomic mass is 16.6. The molecule has 0 aliphatic carbocycles. The molecule has 1 unspecified atom stereocenters. The van der Waals surface area contributed by atoms with E-state index < -0.39 is 6.10 Å². The van der Waals surface area contributed by atoms with Crippen molar-refractivity contribution in [3.05, 3.63) is 134 Å². The largest absolute Gasteiger partial charge is 0.462 e. The van der Waals surface area contributed by atoms with Gasteiger partial charge in [0.05, 0.1) is 0 Å². The third-order valence-corrected chi connectivity index (χ3v) is 11.9. The van der Waals surface area contributed by atoms with Gasteiger partial charge in [0.15, 0.2) is 6.10 Å². The second-order valence-corrected chi connectivity index (χ2v) is 18.8. The van der Waals surface area contributed by atoms with Gasteiger partial charge in [-0.3, -0.25) is 14.4 Å². The Morgan fingerprint density at radius 1 is 0.292 bits per heavy atom. The van der Waals surface area contributed by atoms with E-state index in [9.17, 15) is 14.4 Å². The number of unbranched alkanes of at least 4 members (excludes halogenated alkanes) is 18. The fourth-order valence-electron chi connectivity index (χ4n) is 7.51. The fourth-order valence-corrected chi connectivity index (χ4v) is 7.51. The van der Waals surface area contributed by atoms with Crippen LogP contribution in [0.25, 0.3) is 0 Å². The first-order valence-electron chi connectivity index (χ1n) is 29.2. The van der Waals surface area contributed by atoms with Crippen LogP contribution in [0.5, 0.6) is 0 Å². The summed E-state index contributed by atoms with van der Waals surface area (Å²) in [4.78, 5) is 37.9. The fraction of sp³-hybridized carbons (Fsp3) is 0.621. The van der Waals surface area contributed by atoms with Crippen LogP contribution >= 0.6 is 0 Å². The number of esters is 3. The predicted octanol–water partition coefficient (Wildman–Crippen LogP) is 19.8. The molecule has 6 heteroatoms. The summed E-state index contributed by atoms with van der Waals surface area (Å²) >= 11 is 0. The van der Waals surface area contributed by atoms with Crippen LogP contribution in [0.15, 0.2) is 134 Å². The van der Waals surface area contributed by atoms with Gasteiger partial charge in [0.1, 0.15) is 13.2 Å². The first-order chi connectivity index (χ1) is 35.5. The molecule has 0 aromatic carbocycles. The molecule has 0 rings (SSSR count). The number of ether oxygens (including phenoxy) is 3. The first-order valence-corrected chi connectivity index (χ1v) is 29.2. The minimum Gasteiger partial charge on any atom is -0.462 e. The van der Waals surface area contributed by atoms with Crippen molar-refractivity contribution in [2.24, 2.45) is 0 Å². The molecule has 0 N–H and O–H groups in total. The molecule has 0 spiro atoms. The van der Waals surface area contributed by atoms with E-state index >= 15 is 0 Å². The molecule has 0 aliphatic rings. The maximum Gasteiger partial charge on any atom is 0.306 e. The topological polar surface area (TPSA) is 78.9 Å². The quantitative estimate of drug-likeness (QED) is 0.0261. The Bertz CT molecular complexity index is 1560. The SMILES string of the molecule is CC/C=C\C/C=C\C/C=C\C/C=C\C/C=C\C/C=C\C/C=C\C/C=C\C/C=C\CCCCCCCC(=O)OCC(COC(=O)CCCCCCCCC)OC(=O)CCCCCCC/C=C\C/C=C\CCCC. The smallest absolute Gasteiger partial charge is 0.306 e. The van der Waals surface area contributed by atoms with E-state index in [0.29, 0.717) is 19.3 Å². The lowest BCUT2D eigenvalue weighted by atomic mass is 10.1. The van der Waals surface area contributed by atoms with Crippen LogP contribution in [0.1, 0.15) is 245 Å². The van der Waals surface area contributed by atoms with Crippen molar-refractivity contribution in [3.63, 3.8) is 0 Å². The minimum atomic E-state index is -0.794. The van der Waals surface area contributed by atoms with E-state index in [0.717, 1.165) is 161 Å². The Balaban J connectivity index is 4.20. The summed E-state index contributed by atoms with van der Waals surface area (Å²) in [6.45, 7) is 6.40. The maximum atomic E-state index is 12.8. The molecule has 72 heavy (non-hydrogen) atoms. The molecule has 0 heterocycles. The van der Waals surface area contributed by atoms with Gasteiger partial charge in [-0.15, -0.1) is 0 Å². The normalized spacial score (nSPS) is 13.1. The van der Waals surface area contributed by atoms with E-state index in [2.05, 4.69) is 154 Å². The zero-order valence-electron chi connectivity index (χ0n) is 46.4. The summed E-state index contributed by atoms with van der Waals surface area (Å²) in [7, 11) is 0. The highest BCUT2D eigenvalue weighted by molar-refractivity contribution is 5.71. The number of carbonyl (C=O) groups is 3. The predicted molar refractivity (Wildman–Crippen MR) is 311 cm³/mol. The minimum absolute atomic E-state index is 0.0925. The van der Waals surface area contributed by atoms with Gasteiger partial charge in [0, 0.05) is 19.3 Å². The molecular weight excluding hydrogens is 889 g/mol. The lowest BCUT2D eigenvalue weighted by molar-refractivity contribution is -0.167. The van der Waals surface area contributed by atoms with Gasteiger partial charge >= 0.3 is 17.9 Å². The Kier molecular flexibility index (Phi) is 55.5. The average molecular weight is 996 g/mol. The number of carbonyl (C=O) groups excluding carboxylic acids is 3. The number of hydrogen-bond donors (Lipinski definition) is 0. The van der Waals surface area contributed by atoms with Gasteiger partial charge in [-0.25, -0.2) is 0 Å². The van der Waals surface area contributed by atoms with E-state index in [-0.39, 0.29) is 31.1 Å². The third kappa shape index (κ3) is 56.5. The standard InChI is InChI=1S/C66H106O6/c1-4-7-10-13-16-18-20-22-24-25-26-27-28-29-30-31-32-33-34-35-36-37-38-39-40-41-42-44-45-47-50-53-56-59-65(68)71-62-63(61-70-64(67)58-55-52-49-15-12-9-6-3)72-66(69)60-57-54-51-48-46-43-23-21-19-17-14-11-8-5-2/h7,10,14,16-18,21-24,26-27,29-30,32-33,35-36,38-39,41-42,63H,4-6,8-9,11-13,15,19-20,25,28,31,34,37,40,43-62H2,1-3H3/b10-7-,17-14-,18-16-,23-21-,24-22-,27-26-,30-29-,33-32-,36-35-,39-38-,42-41-. The molecule has 0 saturated carbocycles. The summed E-state index contributed by atoms with van der Waals surface area (Å²) in [5.74, 6) is -0.939. The van der Waals surface area contributed by atoms with Crippen LogP contribution in [0.2, 0.25) is 0 Å². The molecule has 0 saturated heterocycles. The second-order valence-electron chi connectivity index (χ2n) is 18.8. The van der Waals surface area contributed by atoms with Crippen molar-refractivity contribution < 1.29 is 28.6 Å². The molecule has 6 nitrogen and oxygen atoms in total. The van der Waals surface area contributed by atoms with Crippen molar-refractivity contribution in [2.75, 3.05) is 13.2 Å². The van der Waals surface area contributed by atoms with Gasteiger partial charge in [0.2, 0.25) is 0 Å². The van der Waals surface area contributed by atoms with Crippen molar-refractivity contribution in [1.29, 1.82) is 0 Å². The van der Waals surface area contributed by atoms with Crippen LogP contribution in [0, 0.1) is 0 Å². The Labute approximate surface area is 443 Å². The lowest BCUT2D eigenvalue weighted by Gasteiger charge is -2.18. The van der Waals surface area contributed by atoms with Crippen molar-refractivity contribution in [3.8, 4) is 0 Å². The molecule has 0 bridgehead atoms. The van der Waals surface area contributed by atoms with Gasteiger partial charge in [-0.2, -0.15) is 0 Å². The second kappa shape index (κ2) is 59.1. The van der Waals surface area contributed by atoms with Gasteiger partial charge in [-0.1, -0.05) is 244 Å². The van der Waals surface area contributed by atoms with Crippen LogP contribution in [0.4, 0.5) is 0 Å². The summed E-state index contributed by atoms with van der Waals surface area (Å²) < 4.78 is 16.7. The Morgan fingerprint density at radius 3 is 0.889 bits per heavy atom. The van der Waals surface area contributed by atoms with E-state index in [4.69, 9.17) is 14.2 Å². The molecule has 1 atom stereocenters. The number of hydrogen-bond acceptors (Lipinski definition) is 6. The van der Waals surface area contributed by atoms with Crippen LogP contribution in [-0.4, -0.2) is 37.2 Å². The lowest BCUT2D eigenvalue weighted by Crippen LogP contribution is -2.30. The highest BCUT2D eigenvalue weighted by Gasteiger charge is 2.19. The summed E-state index contributed by atoms with van der Waals surface area (Å²) in [5, 5.41) is 0. The molecule has 0 radical (unpaired) electrons. The van der Waals surface area contributed by atoms with E-state index in [1.165, 1.54) is 44.9 Å². The molecule has 406 valence electrons. The molecule has 0 aliphatic heterocycles. The van der Waals surface area contributed by atoms with E-state index in [1.807, 2.05) is 0 Å². The van der Waals surface area contributed by atoms with Crippen molar-refractivity contribution in [1.82, 2.24) is 0 Å². The summed E-state index contributed by atoms with van der Waals surface area (Å²) in [6, 6.07) is 0. The number of rotatable bonds is 51. The van der Waals surface area contributed by atoms with Gasteiger partial charge in [0.25, 0.3) is 0 Å². The Hall–Kier alpha value is -4.45. The van der Waals surface area contributed by atoms with Crippen molar-refractivity contribution >= 4 is 17.9 Å². The van der Waals surface area contributed by atoms with Crippen molar-refractivity contribution in [2.45, 2.75) is 252 Å². The molecule has 0 aromatic heterocycles. The maximum absolute atomic E-state index is 12.8. The highest BCUT2D eigenvalue weighted by Crippen LogP contribution is 2.13. The van der Waals surface area contributed by atoms with Crippen LogP contribution in [-0.2, 0) is 28.6 Å².